The molecule has 0 bridgehead atoms. The van der Waals surface area contributed by atoms with Crippen LogP contribution in [-0.2, 0) is 14.3 Å². The van der Waals surface area contributed by atoms with Gasteiger partial charge in [0.05, 0.1) is 19.1 Å². The third-order valence-corrected chi connectivity index (χ3v) is 3.93. The zero-order chi connectivity index (χ0) is 18.2. The van der Waals surface area contributed by atoms with Crippen LogP contribution in [0.1, 0.15) is 31.4 Å². The number of carboxylic acid groups (broad SMARTS) is 1. The van der Waals surface area contributed by atoms with E-state index in [0.29, 0.717) is 13.0 Å². The van der Waals surface area contributed by atoms with Crippen LogP contribution >= 0.6 is 0 Å². The fraction of sp³-hybridized carbons (Fsp3) is 0.300. The number of rotatable bonds is 9. The van der Waals surface area contributed by atoms with Gasteiger partial charge in [-0.3, -0.25) is 9.59 Å². The van der Waals surface area contributed by atoms with E-state index in [-0.39, 0.29) is 12.3 Å². The van der Waals surface area contributed by atoms with E-state index in [4.69, 9.17) is 4.74 Å². The Labute approximate surface area is 147 Å². The lowest BCUT2D eigenvalue weighted by Crippen LogP contribution is -2.38. The number of fused-ring (bicyclic) bond motifs is 1. The van der Waals surface area contributed by atoms with Crippen molar-refractivity contribution < 1.29 is 19.4 Å². The Bertz CT molecular complexity index is 756. The van der Waals surface area contributed by atoms with Crippen molar-refractivity contribution in [2.75, 3.05) is 6.61 Å². The number of carbonyl (C=O) groups excluding carboxylic acids is 1. The number of benzene rings is 2. The molecule has 2 rings (SSSR count). The minimum absolute atomic E-state index is 0.191. The van der Waals surface area contributed by atoms with Crippen molar-refractivity contribution in [2.24, 2.45) is 0 Å². The monoisotopic (exact) mass is 341 g/mol. The van der Waals surface area contributed by atoms with E-state index in [1.807, 2.05) is 42.5 Å². The minimum atomic E-state index is -0.973. The lowest BCUT2D eigenvalue weighted by atomic mass is 9.99. The van der Waals surface area contributed by atoms with Crippen LogP contribution in [0, 0.1) is 0 Å². The Kier molecular flexibility index (Phi) is 6.71. The summed E-state index contributed by atoms with van der Waals surface area (Å²) in [7, 11) is 0. The molecule has 1 amide bonds. The highest BCUT2D eigenvalue weighted by Crippen LogP contribution is 2.23. The normalized spacial score (nSPS) is 13.2. The van der Waals surface area contributed by atoms with Crippen LogP contribution in [-0.4, -0.2) is 29.7 Å². The van der Waals surface area contributed by atoms with Gasteiger partial charge in [-0.25, -0.2) is 0 Å². The Morgan fingerprint density at radius 2 is 1.96 bits per heavy atom. The Morgan fingerprint density at radius 3 is 2.64 bits per heavy atom. The number of aliphatic carboxylic acids is 1. The van der Waals surface area contributed by atoms with Crippen LogP contribution in [0.2, 0.25) is 0 Å². The standard InChI is InChI=1S/C20H23NO4/c1-3-4-11-25-14(2)20(24)21-18(13-19(22)23)17-10-9-15-7-5-6-8-16(15)12-17/h3,5-10,12,14,18H,1,4,11,13H2,2H3,(H,21,24)(H,22,23)/t14?,18-/m0/s1. The molecule has 0 aromatic heterocycles. The molecule has 5 nitrogen and oxygen atoms in total. The average Bonchev–Trinajstić information content (AvgIpc) is 2.60. The molecule has 0 saturated carbocycles. The van der Waals surface area contributed by atoms with Gasteiger partial charge >= 0.3 is 5.97 Å². The molecule has 2 atom stereocenters. The summed E-state index contributed by atoms with van der Waals surface area (Å²) in [5, 5.41) is 14.0. The summed E-state index contributed by atoms with van der Waals surface area (Å²) in [6, 6.07) is 12.9. The third-order valence-electron chi connectivity index (χ3n) is 3.93. The van der Waals surface area contributed by atoms with E-state index in [0.717, 1.165) is 16.3 Å². The van der Waals surface area contributed by atoms with E-state index in [1.54, 1.807) is 13.0 Å². The van der Waals surface area contributed by atoms with Crippen LogP contribution in [0.15, 0.2) is 55.1 Å². The molecule has 0 fully saturated rings. The molecule has 0 heterocycles. The van der Waals surface area contributed by atoms with Crippen molar-refractivity contribution in [1.29, 1.82) is 0 Å². The predicted molar refractivity (Wildman–Crippen MR) is 97.3 cm³/mol. The lowest BCUT2D eigenvalue weighted by Gasteiger charge is -2.21. The first-order valence-electron chi connectivity index (χ1n) is 8.24. The molecule has 2 N–H and O–H groups in total. The molecule has 0 saturated heterocycles. The number of nitrogens with one attached hydrogen (secondary N) is 1. The summed E-state index contributed by atoms with van der Waals surface area (Å²) in [5.41, 5.74) is 0.757. The smallest absolute Gasteiger partial charge is 0.305 e. The van der Waals surface area contributed by atoms with E-state index >= 15 is 0 Å². The van der Waals surface area contributed by atoms with E-state index in [2.05, 4.69) is 11.9 Å². The highest BCUT2D eigenvalue weighted by Gasteiger charge is 2.22. The molecule has 1 unspecified atom stereocenters. The fourth-order valence-electron chi connectivity index (χ4n) is 2.54. The fourth-order valence-corrected chi connectivity index (χ4v) is 2.54. The van der Waals surface area contributed by atoms with Crippen molar-refractivity contribution in [3.63, 3.8) is 0 Å². The van der Waals surface area contributed by atoms with Gasteiger partial charge in [-0.1, -0.05) is 42.5 Å². The second-order valence-electron chi connectivity index (χ2n) is 5.86. The second kappa shape index (κ2) is 8.99. The number of ether oxygens (including phenoxy) is 1. The van der Waals surface area contributed by atoms with Gasteiger partial charge in [-0.05, 0) is 35.7 Å². The molecular formula is C20H23NO4. The zero-order valence-corrected chi connectivity index (χ0v) is 14.3. The van der Waals surface area contributed by atoms with Crippen LogP contribution in [0.3, 0.4) is 0 Å². The molecule has 25 heavy (non-hydrogen) atoms. The summed E-state index contributed by atoms with van der Waals surface area (Å²) < 4.78 is 5.43. The molecule has 0 aliphatic carbocycles. The van der Waals surface area contributed by atoms with Crippen LogP contribution in [0.25, 0.3) is 10.8 Å². The van der Waals surface area contributed by atoms with Gasteiger partial charge in [0.25, 0.3) is 0 Å². The molecule has 2 aromatic rings. The summed E-state index contributed by atoms with van der Waals surface area (Å²) in [5.74, 6) is -1.30. The van der Waals surface area contributed by atoms with Gasteiger partial charge in [-0.2, -0.15) is 0 Å². The molecule has 2 aromatic carbocycles. The van der Waals surface area contributed by atoms with Gasteiger partial charge in [0, 0.05) is 0 Å². The summed E-state index contributed by atoms with van der Waals surface area (Å²) >= 11 is 0. The van der Waals surface area contributed by atoms with E-state index in [1.165, 1.54) is 0 Å². The van der Waals surface area contributed by atoms with Gasteiger partial charge in [0.1, 0.15) is 6.10 Å². The van der Waals surface area contributed by atoms with Crippen LogP contribution < -0.4 is 5.32 Å². The number of hydrogen-bond acceptors (Lipinski definition) is 3. The highest BCUT2D eigenvalue weighted by molar-refractivity contribution is 5.84. The van der Waals surface area contributed by atoms with E-state index in [9.17, 15) is 14.7 Å². The van der Waals surface area contributed by atoms with E-state index < -0.39 is 18.1 Å². The number of carbonyl (C=O) groups is 2. The lowest BCUT2D eigenvalue weighted by molar-refractivity contribution is -0.138. The van der Waals surface area contributed by atoms with Crippen molar-refractivity contribution in [3.8, 4) is 0 Å². The molecule has 0 radical (unpaired) electrons. The summed E-state index contributed by atoms with van der Waals surface area (Å²) in [6.07, 6.45) is 1.52. The van der Waals surface area contributed by atoms with Gasteiger partial charge in [-0.15, -0.1) is 6.58 Å². The zero-order valence-electron chi connectivity index (χ0n) is 14.3. The van der Waals surface area contributed by atoms with Crippen molar-refractivity contribution >= 4 is 22.6 Å². The van der Waals surface area contributed by atoms with Crippen molar-refractivity contribution in [2.45, 2.75) is 31.9 Å². The van der Waals surface area contributed by atoms with Gasteiger partial charge < -0.3 is 15.2 Å². The van der Waals surface area contributed by atoms with Gasteiger partial charge in [0.15, 0.2) is 0 Å². The van der Waals surface area contributed by atoms with Crippen LogP contribution in [0.4, 0.5) is 0 Å². The molecule has 0 aliphatic rings. The highest BCUT2D eigenvalue weighted by atomic mass is 16.5. The molecule has 0 spiro atoms. The molecule has 132 valence electrons. The summed E-state index contributed by atoms with van der Waals surface area (Å²) in [6.45, 7) is 5.65. The summed E-state index contributed by atoms with van der Waals surface area (Å²) in [4.78, 5) is 23.5. The number of hydrogen-bond donors (Lipinski definition) is 2. The first-order chi connectivity index (χ1) is 12.0. The third kappa shape index (κ3) is 5.43. The molecule has 0 aliphatic heterocycles. The maximum atomic E-state index is 12.3. The molecular weight excluding hydrogens is 318 g/mol. The Morgan fingerprint density at radius 1 is 1.24 bits per heavy atom. The number of amides is 1. The topological polar surface area (TPSA) is 75.6 Å². The average molecular weight is 341 g/mol. The number of carboxylic acids is 1. The molecule has 5 heteroatoms. The first kappa shape index (κ1) is 18.7. The first-order valence-corrected chi connectivity index (χ1v) is 8.24. The van der Waals surface area contributed by atoms with Crippen LogP contribution in [0.5, 0.6) is 0 Å². The SMILES string of the molecule is C=CCCOC(C)C(=O)N[C@@H](CC(=O)O)c1ccc2ccccc2c1. The maximum Gasteiger partial charge on any atom is 0.305 e. The van der Waals surface area contributed by atoms with Gasteiger partial charge in [0.2, 0.25) is 5.91 Å². The quantitative estimate of drug-likeness (QED) is 0.541. The second-order valence-corrected chi connectivity index (χ2v) is 5.86. The predicted octanol–water partition coefficient (Wildman–Crippen LogP) is 3.45. The van der Waals surface area contributed by atoms with Crippen molar-refractivity contribution in [3.05, 3.63) is 60.7 Å². The maximum absolute atomic E-state index is 12.3. The Balaban J connectivity index is 2.15. The minimum Gasteiger partial charge on any atom is -0.481 e. The Hall–Kier alpha value is -2.66. The van der Waals surface area contributed by atoms with Crippen molar-refractivity contribution in [1.82, 2.24) is 5.32 Å². The largest absolute Gasteiger partial charge is 0.481 e.